The summed E-state index contributed by atoms with van der Waals surface area (Å²) in [7, 11) is 0. The molecule has 1 amide bonds. The Morgan fingerprint density at radius 3 is 2.39 bits per heavy atom. The number of esters is 1. The third-order valence-electron chi connectivity index (χ3n) is 4.09. The SMILES string of the molecule is Cc1ccc(NC(=O)COC(=O)c2ccc(-n3nc(C)cc3C)cc2)c(Cl)c1. The molecule has 0 bridgehead atoms. The Morgan fingerprint density at radius 2 is 1.79 bits per heavy atom. The molecule has 0 radical (unpaired) electrons. The Balaban J connectivity index is 1.58. The fourth-order valence-electron chi connectivity index (χ4n) is 2.75. The molecule has 0 fully saturated rings. The molecule has 0 saturated heterocycles. The van der Waals surface area contributed by atoms with Gasteiger partial charge in [-0.25, -0.2) is 9.48 Å². The summed E-state index contributed by atoms with van der Waals surface area (Å²) < 4.78 is 6.88. The van der Waals surface area contributed by atoms with Crippen LogP contribution in [0.5, 0.6) is 0 Å². The van der Waals surface area contributed by atoms with Crippen LogP contribution in [-0.4, -0.2) is 28.3 Å². The second-order valence-corrected chi connectivity index (χ2v) is 6.90. The molecule has 6 nitrogen and oxygen atoms in total. The molecule has 0 spiro atoms. The van der Waals surface area contributed by atoms with E-state index in [1.165, 1.54) is 0 Å². The molecular weight excluding hydrogens is 378 g/mol. The summed E-state index contributed by atoms with van der Waals surface area (Å²) >= 11 is 6.08. The quantitative estimate of drug-likeness (QED) is 0.653. The highest BCUT2D eigenvalue weighted by Crippen LogP contribution is 2.22. The van der Waals surface area contributed by atoms with Crippen LogP contribution < -0.4 is 5.32 Å². The first kappa shape index (κ1) is 19.6. The highest BCUT2D eigenvalue weighted by atomic mass is 35.5. The molecule has 0 atom stereocenters. The summed E-state index contributed by atoms with van der Waals surface area (Å²) in [6.45, 7) is 5.38. The van der Waals surface area contributed by atoms with Gasteiger partial charge in [0.15, 0.2) is 6.61 Å². The van der Waals surface area contributed by atoms with Crippen molar-refractivity contribution in [1.82, 2.24) is 9.78 Å². The lowest BCUT2D eigenvalue weighted by molar-refractivity contribution is -0.119. The molecular formula is C21H20ClN3O3. The number of ether oxygens (including phenoxy) is 1. The summed E-state index contributed by atoms with van der Waals surface area (Å²) in [4.78, 5) is 24.2. The fraction of sp³-hybridized carbons (Fsp3) is 0.190. The highest BCUT2D eigenvalue weighted by Gasteiger charge is 2.12. The number of aryl methyl sites for hydroxylation is 3. The van der Waals surface area contributed by atoms with E-state index in [0.717, 1.165) is 22.6 Å². The monoisotopic (exact) mass is 397 g/mol. The van der Waals surface area contributed by atoms with Crippen LogP contribution in [0.2, 0.25) is 5.02 Å². The van der Waals surface area contributed by atoms with E-state index in [1.807, 2.05) is 32.9 Å². The minimum absolute atomic E-state index is 0.353. The van der Waals surface area contributed by atoms with Crippen LogP contribution in [0.1, 0.15) is 27.3 Å². The van der Waals surface area contributed by atoms with Crippen LogP contribution in [0, 0.1) is 20.8 Å². The molecule has 144 valence electrons. The molecule has 0 aliphatic heterocycles. The molecule has 0 unspecified atom stereocenters. The molecule has 1 N–H and O–H groups in total. The summed E-state index contributed by atoms with van der Waals surface area (Å²) in [5.74, 6) is -1.04. The first-order chi connectivity index (χ1) is 13.3. The number of hydrogen-bond acceptors (Lipinski definition) is 4. The number of nitrogens with zero attached hydrogens (tertiary/aromatic N) is 2. The van der Waals surface area contributed by atoms with Crippen molar-refractivity contribution in [3.05, 3.63) is 76.1 Å². The van der Waals surface area contributed by atoms with Gasteiger partial charge in [0.2, 0.25) is 0 Å². The molecule has 0 aliphatic rings. The largest absolute Gasteiger partial charge is 0.452 e. The number of halogens is 1. The predicted molar refractivity (Wildman–Crippen MR) is 108 cm³/mol. The number of nitrogens with one attached hydrogen (secondary N) is 1. The number of hydrogen-bond donors (Lipinski definition) is 1. The van der Waals surface area contributed by atoms with Crippen LogP contribution in [0.3, 0.4) is 0 Å². The summed E-state index contributed by atoms with van der Waals surface area (Å²) in [6, 6.07) is 14.1. The Labute approximate surface area is 168 Å². The Kier molecular flexibility index (Phi) is 5.80. The average Bonchev–Trinajstić information content (AvgIpc) is 3.00. The van der Waals surface area contributed by atoms with Crippen molar-refractivity contribution in [2.45, 2.75) is 20.8 Å². The second kappa shape index (κ2) is 8.27. The van der Waals surface area contributed by atoms with Gasteiger partial charge in [0, 0.05) is 5.69 Å². The van der Waals surface area contributed by atoms with Crippen molar-refractivity contribution in [3.8, 4) is 5.69 Å². The van der Waals surface area contributed by atoms with Crippen LogP contribution in [0.25, 0.3) is 5.69 Å². The van der Waals surface area contributed by atoms with Gasteiger partial charge in [0.05, 0.1) is 27.7 Å². The van der Waals surface area contributed by atoms with E-state index in [2.05, 4.69) is 10.4 Å². The number of benzene rings is 2. The maximum absolute atomic E-state index is 12.2. The smallest absolute Gasteiger partial charge is 0.338 e. The van der Waals surface area contributed by atoms with Gasteiger partial charge in [-0.1, -0.05) is 17.7 Å². The lowest BCUT2D eigenvalue weighted by Crippen LogP contribution is -2.21. The zero-order valence-electron chi connectivity index (χ0n) is 15.8. The summed E-state index contributed by atoms with van der Waals surface area (Å²) in [5.41, 5.74) is 4.57. The standard InChI is InChI=1S/C21H20ClN3O3/c1-13-4-9-19(18(22)10-13)23-20(26)12-28-21(27)16-5-7-17(8-6-16)25-15(3)11-14(2)24-25/h4-11H,12H2,1-3H3,(H,23,26). The number of carbonyl (C=O) groups excluding carboxylic acids is 2. The zero-order valence-corrected chi connectivity index (χ0v) is 16.6. The van der Waals surface area contributed by atoms with E-state index in [4.69, 9.17) is 16.3 Å². The minimum Gasteiger partial charge on any atom is -0.452 e. The van der Waals surface area contributed by atoms with Crippen LogP contribution in [-0.2, 0) is 9.53 Å². The zero-order chi connectivity index (χ0) is 20.3. The maximum atomic E-state index is 12.2. The van der Waals surface area contributed by atoms with Gasteiger partial charge in [-0.05, 0) is 68.8 Å². The molecule has 7 heteroatoms. The molecule has 3 rings (SSSR count). The average molecular weight is 398 g/mol. The summed E-state index contributed by atoms with van der Waals surface area (Å²) in [5, 5.41) is 7.46. The molecule has 0 aliphatic carbocycles. The van der Waals surface area contributed by atoms with Gasteiger partial charge in [-0.15, -0.1) is 0 Å². The van der Waals surface area contributed by atoms with Gasteiger partial charge < -0.3 is 10.1 Å². The van der Waals surface area contributed by atoms with E-state index in [-0.39, 0.29) is 0 Å². The lowest BCUT2D eigenvalue weighted by atomic mass is 10.2. The van der Waals surface area contributed by atoms with Gasteiger partial charge in [0.25, 0.3) is 5.91 Å². The topological polar surface area (TPSA) is 73.2 Å². The normalized spacial score (nSPS) is 10.6. The minimum atomic E-state index is -0.579. The number of amides is 1. The summed E-state index contributed by atoms with van der Waals surface area (Å²) in [6.07, 6.45) is 0. The van der Waals surface area contributed by atoms with Crippen molar-refractivity contribution in [3.63, 3.8) is 0 Å². The second-order valence-electron chi connectivity index (χ2n) is 6.49. The van der Waals surface area contributed by atoms with Crippen LogP contribution in [0.4, 0.5) is 5.69 Å². The first-order valence-electron chi connectivity index (χ1n) is 8.70. The van der Waals surface area contributed by atoms with Gasteiger partial charge >= 0.3 is 5.97 Å². The van der Waals surface area contributed by atoms with Gasteiger partial charge in [0.1, 0.15) is 0 Å². The Morgan fingerprint density at radius 1 is 1.07 bits per heavy atom. The van der Waals surface area contributed by atoms with E-state index in [1.54, 1.807) is 41.1 Å². The van der Waals surface area contributed by atoms with Crippen LogP contribution in [0.15, 0.2) is 48.5 Å². The number of rotatable bonds is 5. The fourth-order valence-corrected chi connectivity index (χ4v) is 3.03. The number of anilines is 1. The van der Waals surface area contributed by atoms with Crippen molar-refractivity contribution in [2.24, 2.45) is 0 Å². The van der Waals surface area contributed by atoms with E-state index < -0.39 is 18.5 Å². The highest BCUT2D eigenvalue weighted by molar-refractivity contribution is 6.33. The van der Waals surface area contributed by atoms with Crippen molar-refractivity contribution >= 4 is 29.2 Å². The molecule has 3 aromatic rings. The van der Waals surface area contributed by atoms with Crippen molar-refractivity contribution < 1.29 is 14.3 Å². The van der Waals surface area contributed by atoms with Crippen LogP contribution >= 0.6 is 11.6 Å². The molecule has 0 saturated carbocycles. The predicted octanol–water partition coefficient (Wildman–Crippen LogP) is 4.25. The lowest BCUT2D eigenvalue weighted by Gasteiger charge is -2.09. The van der Waals surface area contributed by atoms with Crippen molar-refractivity contribution in [2.75, 3.05) is 11.9 Å². The van der Waals surface area contributed by atoms with E-state index in [9.17, 15) is 9.59 Å². The third-order valence-corrected chi connectivity index (χ3v) is 4.40. The Bertz CT molecular complexity index is 1030. The number of carbonyl (C=O) groups is 2. The van der Waals surface area contributed by atoms with E-state index >= 15 is 0 Å². The molecule has 1 aromatic heterocycles. The molecule has 28 heavy (non-hydrogen) atoms. The van der Waals surface area contributed by atoms with Gasteiger partial charge in [-0.2, -0.15) is 5.10 Å². The van der Waals surface area contributed by atoms with Gasteiger partial charge in [-0.3, -0.25) is 4.79 Å². The number of aromatic nitrogens is 2. The van der Waals surface area contributed by atoms with Crippen molar-refractivity contribution in [1.29, 1.82) is 0 Å². The molecule has 2 aromatic carbocycles. The first-order valence-corrected chi connectivity index (χ1v) is 9.08. The third kappa shape index (κ3) is 4.58. The van der Waals surface area contributed by atoms with E-state index in [0.29, 0.717) is 16.3 Å². The maximum Gasteiger partial charge on any atom is 0.338 e. The Hall–Kier alpha value is -3.12. The molecule has 1 heterocycles.